The zero-order chi connectivity index (χ0) is 20.5. The van der Waals surface area contributed by atoms with Gasteiger partial charge in [-0.3, -0.25) is 4.79 Å². The molecular formula is C22H11Cl3O4. The third kappa shape index (κ3) is 3.87. The van der Waals surface area contributed by atoms with Gasteiger partial charge >= 0.3 is 5.97 Å². The normalized spacial score (nSPS) is 10.9. The summed E-state index contributed by atoms with van der Waals surface area (Å²) in [5.74, 6) is -0.441. The van der Waals surface area contributed by atoms with Gasteiger partial charge in [0.15, 0.2) is 0 Å². The fourth-order valence-electron chi connectivity index (χ4n) is 2.85. The maximum Gasteiger partial charge on any atom is 0.345 e. The van der Waals surface area contributed by atoms with Crippen molar-refractivity contribution in [2.75, 3.05) is 0 Å². The minimum atomic E-state index is -0.652. The van der Waals surface area contributed by atoms with E-state index in [9.17, 15) is 9.59 Å². The van der Waals surface area contributed by atoms with Crippen molar-refractivity contribution < 1.29 is 13.9 Å². The highest BCUT2D eigenvalue weighted by molar-refractivity contribution is 6.36. The number of fused-ring (bicyclic) bond motifs is 1. The Balaban J connectivity index is 1.69. The number of rotatable bonds is 3. The SMILES string of the molecule is O=C(Oc1ccc2c(=O)c(-c3ccccc3Cl)coc2c1)c1ccc(Cl)cc1Cl. The second kappa shape index (κ2) is 7.91. The Labute approximate surface area is 180 Å². The van der Waals surface area contributed by atoms with E-state index in [1.54, 1.807) is 30.3 Å². The molecule has 0 saturated carbocycles. The van der Waals surface area contributed by atoms with Gasteiger partial charge in [0.2, 0.25) is 5.43 Å². The van der Waals surface area contributed by atoms with Gasteiger partial charge in [-0.05, 0) is 36.4 Å². The first-order valence-corrected chi connectivity index (χ1v) is 9.55. The molecule has 0 saturated heterocycles. The summed E-state index contributed by atoms with van der Waals surface area (Å²) in [6.45, 7) is 0. The van der Waals surface area contributed by atoms with E-state index >= 15 is 0 Å². The summed E-state index contributed by atoms with van der Waals surface area (Å²) in [5, 5.41) is 1.38. The van der Waals surface area contributed by atoms with Crippen molar-refractivity contribution in [2.24, 2.45) is 0 Å². The second-order valence-electron chi connectivity index (χ2n) is 6.13. The molecule has 4 rings (SSSR count). The highest BCUT2D eigenvalue weighted by Crippen LogP contribution is 2.28. The molecule has 0 bridgehead atoms. The van der Waals surface area contributed by atoms with Crippen molar-refractivity contribution in [3.8, 4) is 16.9 Å². The third-order valence-corrected chi connectivity index (χ3v) is 5.15. The van der Waals surface area contributed by atoms with Crippen molar-refractivity contribution in [3.05, 3.63) is 97.8 Å². The standard InChI is InChI=1S/C22H11Cl3O4/c23-12-5-7-15(19(25)9-12)22(27)29-13-6-8-16-20(10-13)28-11-17(21(16)26)14-3-1-2-4-18(14)24/h1-11H. The molecule has 0 N–H and O–H groups in total. The van der Waals surface area contributed by atoms with Crippen LogP contribution in [-0.2, 0) is 0 Å². The zero-order valence-electron chi connectivity index (χ0n) is 14.6. The summed E-state index contributed by atoms with van der Waals surface area (Å²) < 4.78 is 11.0. The molecule has 4 nitrogen and oxygen atoms in total. The quantitative estimate of drug-likeness (QED) is 0.262. The molecule has 0 spiro atoms. The summed E-state index contributed by atoms with van der Waals surface area (Å²) in [6, 6.07) is 16.0. The number of carbonyl (C=O) groups excluding carboxylic acids is 1. The van der Waals surface area contributed by atoms with Gasteiger partial charge in [-0.25, -0.2) is 4.79 Å². The van der Waals surface area contributed by atoms with E-state index in [0.29, 0.717) is 26.6 Å². The van der Waals surface area contributed by atoms with Gasteiger partial charge in [0.05, 0.1) is 21.5 Å². The largest absolute Gasteiger partial charge is 0.463 e. The van der Waals surface area contributed by atoms with E-state index in [0.717, 1.165) is 0 Å². The van der Waals surface area contributed by atoms with Crippen LogP contribution in [0.4, 0.5) is 0 Å². The van der Waals surface area contributed by atoms with Gasteiger partial charge in [-0.2, -0.15) is 0 Å². The predicted octanol–water partition coefficient (Wildman–Crippen LogP) is 6.64. The molecule has 0 fully saturated rings. The van der Waals surface area contributed by atoms with E-state index in [1.807, 2.05) is 0 Å². The lowest BCUT2D eigenvalue weighted by molar-refractivity contribution is 0.0735. The number of esters is 1. The van der Waals surface area contributed by atoms with E-state index in [1.165, 1.54) is 36.6 Å². The first-order valence-electron chi connectivity index (χ1n) is 8.42. The minimum Gasteiger partial charge on any atom is -0.463 e. The number of hydrogen-bond donors (Lipinski definition) is 0. The zero-order valence-corrected chi connectivity index (χ0v) is 16.9. The van der Waals surface area contributed by atoms with E-state index in [-0.39, 0.29) is 27.3 Å². The first-order chi connectivity index (χ1) is 13.9. The second-order valence-corrected chi connectivity index (χ2v) is 7.38. The van der Waals surface area contributed by atoms with Crippen LogP contribution < -0.4 is 10.2 Å². The summed E-state index contributed by atoms with van der Waals surface area (Å²) >= 11 is 18.1. The Hall–Kier alpha value is -2.79. The molecule has 1 aromatic heterocycles. The predicted molar refractivity (Wildman–Crippen MR) is 114 cm³/mol. The molecule has 7 heteroatoms. The van der Waals surface area contributed by atoms with Gasteiger partial charge < -0.3 is 9.15 Å². The maximum absolute atomic E-state index is 12.9. The molecule has 0 radical (unpaired) electrons. The molecule has 0 amide bonds. The Kier molecular flexibility index (Phi) is 5.33. The molecule has 0 aliphatic rings. The highest BCUT2D eigenvalue weighted by atomic mass is 35.5. The van der Waals surface area contributed by atoms with Crippen LogP contribution in [0.5, 0.6) is 5.75 Å². The Morgan fingerprint density at radius 2 is 1.66 bits per heavy atom. The van der Waals surface area contributed by atoms with Crippen LogP contribution in [0.3, 0.4) is 0 Å². The fraction of sp³-hybridized carbons (Fsp3) is 0. The van der Waals surface area contributed by atoms with Crippen LogP contribution in [0.15, 0.2) is 76.1 Å². The average molecular weight is 446 g/mol. The topological polar surface area (TPSA) is 56.5 Å². The monoisotopic (exact) mass is 444 g/mol. The number of benzene rings is 3. The van der Waals surface area contributed by atoms with Crippen molar-refractivity contribution in [1.29, 1.82) is 0 Å². The van der Waals surface area contributed by atoms with Gasteiger partial charge in [-0.1, -0.05) is 53.0 Å². The van der Waals surface area contributed by atoms with E-state index in [2.05, 4.69) is 0 Å². The molecule has 0 aliphatic heterocycles. The molecular weight excluding hydrogens is 435 g/mol. The van der Waals surface area contributed by atoms with Crippen LogP contribution in [0.1, 0.15) is 10.4 Å². The third-order valence-electron chi connectivity index (χ3n) is 4.27. The van der Waals surface area contributed by atoms with Crippen molar-refractivity contribution in [2.45, 2.75) is 0 Å². The Bertz CT molecular complexity index is 1310. The molecule has 1 heterocycles. The lowest BCUT2D eigenvalue weighted by Gasteiger charge is -2.08. The molecule has 29 heavy (non-hydrogen) atoms. The van der Waals surface area contributed by atoms with Gasteiger partial charge in [-0.15, -0.1) is 0 Å². The fourth-order valence-corrected chi connectivity index (χ4v) is 3.58. The number of ether oxygens (including phenoxy) is 1. The van der Waals surface area contributed by atoms with Crippen LogP contribution in [0, 0.1) is 0 Å². The van der Waals surface area contributed by atoms with Crippen LogP contribution in [0.25, 0.3) is 22.1 Å². The van der Waals surface area contributed by atoms with Crippen LogP contribution in [-0.4, -0.2) is 5.97 Å². The molecule has 0 aliphatic carbocycles. The number of halogens is 3. The minimum absolute atomic E-state index is 0.173. The van der Waals surface area contributed by atoms with Crippen LogP contribution in [0.2, 0.25) is 15.1 Å². The molecule has 0 unspecified atom stereocenters. The smallest absolute Gasteiger partial charge is 0.345 e. The first kappa shape index (κ1) is 19.5. The highest BCUT2D eigenvalue weighted by Gasteiger charge is 2.16. The summed E-state index contributed by atoms with van der Waals surface area (Å²) in [5.41, 5.74) is 1.14. The summed E-state index contributed by atoms with van der Waals surface area (Å²) in [7, 11) is 0. The van der Waals surface area contributed by atoms with Gasteiger partial charge in [0, 0.05) is 21.7 Å². The van der Waals surface area contributed by atoms with E-state index < -0.39 is 5.97 Å². The Morgan fingerprint density at radius 1 is 0.862 bits per heavy atom. The van der Waals surface area contributed by atoms with Crippen molar-refractivity contribution in [1.82, 2.24) is 0 Å². The number of hydrogen-bond acceptors (Lipinski definition) is 4. The average Bonchev–Trinajstić information content (AvgIpc) is 2.69. The summed E-state index contributed by atoms with van der Waals surface area (Å²) in [4.78, 5) is 25.2. The maximum atomic E-state index is 12.9. The van der Waals surface area contributed by atoms with E-state index in [4.69, 9.17) is 44.0 Å². The molecule has 144 valence electrons. The lowest BCUT2D eigenvalue weighted by Crippen LogP contribution is -2.10. The lowest BCUT2D eigenvalue weighted by atomic mass is 10.1. The number of carbonyl (C=O) groups is 1. The Morgan fingerprint density at radius 3 is 2.41 bits per heavy atom. The van der Waals surface area contributed by atoms with Gasteiger partial charge in [0.1, 0.15) is 17.6 Å². The van der Waals surface area contributed by atoms with Crippen molar-refractivity contribution >= 4 is 51.7 Å². The van der Waals surface area contributed by atoms with Crippen LogP contribution >= 0.6 is 34.8 Å². The van der Waals surface area contributed by atoms with Crippen molar-refractivity contribution in [3.63, 3.8) is 0 Å². The molecule has 4 aromatic rings. The van der Waals surface area contributed by atoms with Gasteiger partial charge in [0.25, 0.3) is 0 Å². The molecule has 3 aromatic carbocycles. The molecule has 0 atom stereocenters. The summed E-state index contributed by atoms with van der Waals surface area (Å²) in [6.07, 6.45) is 1.34.